The summed E-state index contributed by atoms with van der Waals surface area (Å²) < 4.78 is 22.6. The first kappa shape index (κ1) is 64.4. The second kappa shape index (κ2) is 49.8. The number of nitrogens with zero attached hydrogens (tertiary/aromatic N) is 1. The van der Waals surface area contributed by atoms with Crippen molar-refractivity contribution in [1.82, 2.24) is 0 Å². The van der Waals surface area contributed by atoms with Gasteiger partial charge in [0.25, 0.3) is 0 Å². The number of carboxylic acids is 1. The van der Waals surface area contributed by atoms with E-state index in [4.69, 9.17) is 18.9 Å². The average molecular weight is 958 g/mol. The number of esters is 2. The number of ether oxygens (including phenoxy) is 4. The van der Waals surface area contributed by atoms with Crippen molar-refractivity contribution in [3.05, 3.63) is 134 Å². The van der Waals surface area contributed by atoms with E-state index in [2.05, 4.69) is 148 Å². The molecule has 9 heteroatoms. The number of rotatable bonds is 46. The molecule has 0 bridgehead atoms. The van der Waals surface area contributed by atoms with Crippen molar-refractivity contribution < 1.29 is 42.9 Å². The van der Waals surface area contributed by atoms with E-state index in [9.17, 15) is 19.5 Å². The van der Waals surface area contributed by atoms with Gasteiger partial charge in [-0.15, -0.1) is 0 Å². The van der Waals surface area contributed by atoms with Gasteiger partial charge in [0.05, 0.1) is 40.3 Å². The Morgan fingerprint density at radius 1 is 0.435 bits per heavy atom. The van der Waals surface area contributed by atoms with Crippen LogP contribution < -0.4 is 5.11 Å². The molecule has 0 saturated carbocycles. The summed E-state index contributed by atoms with van der Waals surface area (Å²) in [6.07, 6.45) is 67.7. The number of carbonyl (C=O) groups excluding carboxylic acids is 3. The summed E-state index contributed by atoms with van der Waals surface area (Å²) in [6, 6.07) is 0. The number of hydrogen-bond acceptors (Lipinski definition) is 8. The summed E-state index contributed by atoms with van der Waals surface area (Å²) in [7, 11) is 5.88. The maximum absolute atomic E-state index is 12.8. The summed E-state index contributed by atoms with van der Waals surface area (Å²) in [5.74, 6) is -2.37. The van der Waals surface area contributed by atoms with Crippen molar-refractivity contribution in [1.29, 1.82) is 0 Å². The molecule has 0 aromatic rings. The highest BCUT2D eigenvalue weighted by Gasteiger charge is 2.21. The molecule has 0 N–H and O–H groups in total. The maximum Gasteiger partial charge on any atom is 0.306 e. The third kappa shape index (κ3) is 51.1. The van der Waals surface area contributed by atoms with Gasteiger partial charge in [-0.05, 0) is 109 Å². The Bertz CT molecular complexity index is 1590. The van der Waals surface area contributed by atoms with Crippen LogP contribution in [0.1, 0.15) is 168 Å². The Balaban J connectivity index is 4.47. The van der Waals surface area contributed by atoms with Crippen LogP contribution in [0.3, 0.4) is 0 Å². The van der Waals surface area contributed by atoms with E-state index < -0.39 is 24.3 Å². The number of hydrogen-bond donors (Lipinski definition) is 0. The van der Waals surface area contributed by atoms with E-state index in [1.165, 1.54) is 0 Å². The zero-order chi connectivity index (χ0) is 50.6. The van der Waals surface area contributed by atoms with Gasteiger partial charge in [-0.3, -0.25) is 9.59 Å². The van der Waals surface area contributed by atoms with Gasteiger partial charge < -0.3 is 33.3 Å². The quantitative estimate of drug-likeness (QED) is 0.0195. The molecule has 0 radical (unpaired) electrons. The molecule has 388 valence electrons. The molecule has 0 amide bonds. The third-order valence-electron chi connectivity index (χ3n) is 10.4. The van der Waals surface area contributed by atoms with Crippen LogP contribution in [0.25, 0.3) is 0 Å². The zero-order valence-corrected chi connectivity index (χ0v) is 43.9. The molecule has 0 saturated heterocycles. The van der Waals surface area contributed by atoms with E-state index in [0.717, 1.165) is 128 Å². The number of carbonyl (C=O) groups is 3. The number of aliphatic carboxylic acids is 1. The van der Waals surface area contributed by atoms with Gasteiger partial charge in [0.1, 0.15) is 13.2 Å². The minimum Gasteiger partial charge on any atom is -0.545 e. The van der Waals surface area contributed by atoms with Gasteiger partial charge in [0, 0.05) is 12.8 Å². The van der Waals surface area contributed by atoms with Crippen LogP contribution in [0.2, 0.25) is 0 Å². The first-order valence-corrected chi connectivity index (χ1v) is 26.3. The van der Waals surface area contributed by atoms with E-state index >= 15 is 0 Å². The molecule has 2 atom stereocenters. The molecule has 0 rings (SSSR count). The van der Waals surface area contributed by atoms with Crippen LogP contribution in [0.15, 0.2) is 134 Å². The van der Waals surface area contributed by atoms with Gasteiger partial charge in [0.2, 0.25) is 0 Å². The molecule has 0 aromatic carbocycles. The molecule has 69 heavy (non-hydrogen) atoms. The van der Waals surface area contributed by atoms with Crippen molar-refractivity contribution in [2.45, 2.75) is 180 Å². The Morgan fingerprint density at radius 2 is 0.783 bits per heavy atom. The molecule has 0 aliphatic heterocycles. The molecule has 2 unspecified atom stereocenters. The Labute approximate surface area is 420 Å². The fourth-order valence-corrected chi connectivity index (χ4v) is 6.39. The summed E-state index contributed by atoms with van der Waals surface area (Å²) in [5.41, 5.74) is 0. The largest absolute Gasteiger partial charge is 0.545 e. The van der Waals surface area contributed by atoms with E-state index in [0.29, 0.717) is 23.9 Å². The Kier molecular flexibility index (Phi) is 46.5. The van der Waals surface area contributed by atoms with Crippen molar-refractivity contribution in [2.75, 3.05) is 47.5 Å². The van der Waals surface area contributed by atoms with Crippen molar-refractivity contribution in [3.8, 4) is 0 Å². The molecular formula is C60H95NO8. The lowest BCUT2D eigenvalue weighted by molar-refractivity contribution is -0.870. The Morgan fingerprint density at radius 3 is 1.17 bits per heavy atom. The van der Waals surface area contributed by atoms with Crippen LogP contribution in [0.5, 0.6) is 0 Å². The van der Waals surface area contributed by atoms with Gasteiger partial charge in [0.15, 0.2) is 12.4 Å². The van der Waals surface area contributed by atoms with Crippen molar-refractivity contribution in [2.24, 2.45) is 0 Å². The minimum atomic E-state index is -1.64. The van der Waals surface area contributed by atoms with Crippen molar-refractivity contribution >= 4 is 17.9 Å². The molecular weight excluding hydrogens is 863 g/mol. The highest BCUT2D eigenvalue weighted by Crippen LogP contribution is 2.12. The highest BCUT2D eigenvalue weighted by atomic mass is 16.7. The second-order valence-corrected chi connectivity index (χ2v) is 18.0. The molecule has 0 fully saturated rings. The number of likely N-dealkylation sites (N-methyl/N-ethyl adjacent to an activating group) is 1. The zero-order valence-electron chi connectivity index (χ0n) is 43.9. The lowest BCUT2D eigenvalue weighted by Gasteiger charge is -2.26. The van der Waals surface area contributed by atoms with E-state index in [-0.39, 0.29) is 38.6 Å². The molecule has 0 heterocycles. The summed E-state index contributed by atoms with van der Waals surface area (Å²) in [6.45, 7) is 4.43. The van der Waals surface area contributed by atoms with Crippen LogP contribution >= 0.6 is 0 Å². The van der Waals surface area contributed by atoms with Crippen LogP contribution in [-0.2, 0) is 33.3 Å². The van der Waals surface area contributed by atoms with Crippen molar-refractivity contribution in [3.63, 3.8) is 0 Å². The smallest absolute Gasteiger partial charge is 0.306 e. The van der Waals surface area contributed by atoms with Crippen LogP contribution in [-0.4, -0.2) is 82.3 Å². The number of unbranched alkanes of at least 4 members (excludes halogenated alkanes) is 9. The minimum absolute atomic E-state index is 0.130. The average Bonchev–Trinajstić information content (AvgIpc) is 3.31. The molecule has 0 aliphatic carbocycles. The molecule has 0 aliphatic rings. The van der Waals surface area contributed by atoms with Gasteiger partial charge in [-0.25, -0.2) is 0 Å². The fraction of sp³-hybridized carbons (Fsp3) is 0.583. The first-order chi connectivity index (χ1) is 33.6. The lowest BCUT2D eigenvalue weighted by Crippen LogP contribution is -2.44. The lowest BCUT2D eigenvalue weighted by atomic mass is 10.1. The van der Waals surface area contributed by atoms with Crippen LogP contribution in [0, 0.1) is 0 Å². The molecule has 9 nitrogen and oxygen atoms in total. The number of carboxylic acid groups (broad SMARTS) is 1. The normalized spacial score (nSPS) is 13.9. The highest BCUT2D eigenvalue weighted by molar-refractivity contribution is 5.70. The predicted molar refractivity (Wildman–Crippen MR) is 287 cm³/mol. The summed E-state index contributed by atoms with van der Waals surface area (Å²) >= 11 is 0. The SMILES string of the molecule is CC/C=C\C/C=C\C/C=C\C/C=C\C/C=C\C/C=C\C/C=C\CCCCCC(=O)OC(COC(=O)CCCCCCCC/C=C\C/C=C\C/C=C\C/C=C\CC)COC(OCC[N+](C)(C)C)C(=O)[O-]. The standard InChI is InChI=1S/C60H95NO8/c1-6-8-10-12-14-16-18-20-22-24-26-27-28-29-30-31-33-35-37-39-41-43-45-47-49-51-58(63)69-56(55-68-60(59(64)65)66-53-52-61(3,4)5)54-67-57(62)50-48-46-44-42-40-38-36-34-32-25-23-21-19-17-15-13-11-9-7-2/h8-11,14-17,20-23,26-27,29-30,32-35,39,41,56,60H,6-7,12-13,18-19,24-25,28,31,36-38,40,42-55H2,1-5H3/b10-8-,11-9-,16-14-,17-15-,22-20-,23-21-,27-26-,30-29-,34-32-,35-33-,41-39-. The third-order valence-corrected chi connectivity index (χ3v) is 10.4. The molecule has 0 aromatic heterocycles. The monoisotopic (exact) mass is 958 g/mol. The fourth-order valence-electron chi connectivity index (χ4n) is 6.39. The van der Waals surface area contributed by atoms with Gasteiger partial charge >= 0.3 is 11.9 Å². The number of allylic oxidation sites excluding steroid dienone is 22. The van der Waals surface area contributed by atoms with E-state index in [1.807, 2.05) is 21.1 Å². The van der Waals surface area contributed by atoms with Crippen LogP contribution in [0.4, 0.5) is 0 Å². The number of quaternary nitrogens is 1. The first-order valence-electron chi connectivity index (χ1n) is 26.3. The topological polar surface area (TPSA) is 111 Å². The molecule has 0 spiro atoms. The van der Waals surface area contributed by atoms with Gasteiger partial charge in [-0.2, -0.15) is 0 Å². The second-order valence-electron chi connectivity index (χ2n) is 18.0. The summed E-state index contributed by atoms with van der Waals surface area (Å²) in [4.78, 5) is 37.2. The summed E-state index contributed by atoms with van der Waals surface area (Å²) in [5, 5.41) is 11.7. The van der Waals surface area contributed by atoms with Gasteiger partial charge in [-0.1, -0.05) is 180 Å². The van der Waals surface area contributed by atoms with E-state index in [1.54, 1.807) is 0 Å². The predicted octanol–water partition coefficient (Wildman–Crippen LogP) is 13.8. The Hall–Kier alpha value is -4.57. The maximum atomic E-state index is 12.8.